The van der Waals surface area contributed by atoms with Crippen molar-refractivity contribution in [1.29, 1.82) is 0 Å². The summed E-state index contributed by atoms with van der Waals surface area (Å²) in [5.74, 6) is -13.0. The number of benzene rings is 2. The van der Waals surface area contributed by atoms with Gasteiger partial charge in [-0.05, 0) is 43.5 Å². The molecule has 53 heavy (non-hydrogen) atoms. The Morgan fingerprint density at radius 1 is 0.925 bits per heavy atom. The van der Waals surface area contributed by atoms with Gasteiger partial charge in [-0.2, -0.15) is 9.40 Å². The van der Waals surface area contributed by atoms with Crippen molar-refractivity contribution in [2.75, 3.05) is 18.1 Å². The summed E-state index contributed by atoms with van der Waals surface area (Å²) >= 11 is 0. The first-order chi connectivity index (χ1) is 25.1. The van der Waals surface area contributed by atoms with E-state index < -0.39 is 76.1 Å². The first-order valence-electron chi connectivity index (χ1n) is 17.3. The van der Waals surface area contributed by atoms with Crippen LogP contribution in [0.25, 0.3) is 10.8 Å². The minimum absolute atomic E-state index is 0.0594. The Labute approximate surface area is 303 Å². The molecule has 2 aromatic carbocycles. The molecule has 1 amide bonds. The molecule has 2 fully saturated rings. The van der Waals surface area contributed by atoms with E-state index in [1.807, 2.05) is 0 Å². The van der Waals surface area contributed by atoms with Gasteiger partial charge in [-0.3, -0.25) is 19.6 Å². The predicted octanol–water partition coefficient (Wildman–Crippen LogP) is 6.24. The fourth-order valence-electron chi connectivity index (χ4n) is 6.48. The van der Waals surface area contributed by atoms with E-state index in [2.05, 4.69) is 34.7 Å². The van der Waals surface area contributed by atoms with Gasteiger partial charge in [-0.15, -0.1) is 0 Å². The molecule has 1 saturated carbocycles. The molecule has 1 saturated heterocycles. The van der Waals surface area contributed by atoms with Crippen molar-refractivity contribution in [3.63, 3.8) is 0 Å². The normalized spacial score (nSPS) is 17.2. The highest BCUT2D eigenvalue weighted by molar-refractivity contribution is 7.89. The Morgan fingerprint density at radius 3 is 2.21 bits per heavy atom. The van der Waals surface area contributed by atoms with E-state index in [0.29, 0.717) is 22.0 Å². The largest absolute Gasteiger partial charge is 0.359 e. The van der Waals surface area contributed by atoms with Crippen LogP contribution in [0.3, 0.4) is 0 Å². The van der Waals surface area contributed by atoms with Gasteiger partial charge in [0.1, 0.15) is 12.8 Å². The molecule has 0 N–H and O–H groups in total. The van der Waals surface area contributed by atoms with Crippen LogP contribution in [0.5, 0.6) is 0 Å². The second-order valence-corrected chi connectivity index (χ2v) is 22.0. The van der Waals surface area contributed by atoms with Gasteiger partial charge in [0, 0.05) is 44.4 Å². The summed E-state index contributed by atoms with van der Waals surface area (Å²) in [7, 11) is -6.75. The van der Waals surface area contributed by atoms with Crippen molar-refractivity contribution in [1.82, 2.24) is 24.1 Å². The zero-order chi connectivity index (χ0) is 38.2. The Hall–Kier alpha value is -4.13. The third-order valence-electron chi connectivity index (χ3n) is 9.68. The van der Waals surface area contributed by atoms with Crippen molar-refractivity contribution in [2.24, 2.45) is 0 Å². The number of ether oxygens (including phenoxy) is 1. The highest BCUT2D eigenvalue weighted by Crippen LogP contribution is 2.36. The third-order valence-corrected chi connectivity index (χ3v) is 13.3. The number of hydrogen-bond acceptors (Lipinski definition) is 8. The van der Waals surface area contributed by atoms with Gasteiger partial charge in [0.25, 0.3) is 5.56 Å². The molecule has 18 heteroatoms. The van der Waals surface area contributed by atoms with Crippen molar-refractivity contribution in [2.45, 2.75) is 94.3 Å². The molecule has 3 heterocycles. The lowest BCUT2D eigenvalue weighted by Crippen LogP contribution is -2.59. The van der Waals surface area contributed by atoms with E-state index in [0.717, 1.165) is 43.8 Å². The fraction of sp³-hybridized carbons (Fsp3) is 0.457. The second-order valence-electron chi connectivity index (χ2n) is 14.6. The van der Waals surface area contributed by atoms with Crippen molar-refractivity contribution < 1.29 is 39.9 Å². The van der Waals surface area contributed by atoms with Crippen molar-refractivity contribution in [3.8, 4) is 0 Å². The minimum atomic E-state index is -5.39. The van der Waals surface area contributed by atoms with Gasteiger partial charge >= 0.3 is 0 Å². The number of hydrogen-bond donors (Lipinski definition) is 0. The number of fused-ring (bicyclic) bond motifs is 1. The summed E-state index contributed by atoms with van der Waals surface area (Å²) in [6.45, 7) is 6.37. The molecule has 1 atom stereocenters. The smallest absolute Gasteiger partial charge is 0.276 e. The Kier molecular flexibility index (Phi) is 11.1. The molecule has 1 unspecified atom stereocenters. The number of aromatic nitrogens is 4. The molecule has 4 aromatic rings. The first-order valence-corrected chi connectivity index (χ1v) is 22.5. The van der Waals surface area contributed by atoms with Crippen molar-refractivity contribution in [3.05, 3.63) is 87.6 Å². The van der Waals surface area contributed by atoms with Crippen LogP contribution < -0.4 is 10.5 Å². The van der Waals surface area contributed by atoms with E-state index in [1.54, 1.807) is 6.20 Å². The van der Waals surface area contributed by atoms with E-state index in [-0.39, 0.29) is 36.7 Å². The number of halogens is 5. The minimum Gasteiger partial charge on any atom is -0.359 e. The van der Waals surface area contributed by atoms with Crippen LogP contribution in [0.15, 0.2) is 46.5 Å². The number of sulfonamides is 1. The van der Waals surface area contributed by atoms with E-state index >= 15 is 0 Å². The lowest BCUT2D eigenvalue weighted by Gasteiger charge is -2.41. The lowest BCUT2D eigenvalue weighted by molar-refractivity contribution is -0.125. The Balaban J connectivity index is 1.32. The van der Waals surface area contributed by atoms with E-state index in [1.165, 1.54) is 40.2 Å². The molecule has 284 valence electrons. The Morgan fingerprint density at radius 2 is 1.60 bits per heavy atom. The fourth-order valence-corrected chi connectivity index (χ4v) is 8.98. The predicted molar refractivity (Wildman–Crippen MR) is 188 cm³/mol. The maximum atomic E-state index is 14.7. The average Bonchev–Trinajstić information content (AvgIpc) is 3.10. The molecule has 0 bridgehead atoms. The van der Waals surface area contributed by atoms with Crippen LogP contribution >= 0.6 is 0 Å². The summed E-state index contributed by atoms with van der Waals surface area (Å²) in [5, 5.41) is 4.83. The molecule has 0 spiro atoms. The number of nitrogens with zero attached hydrogens (tertiary/aromatic N) is 6. The molecular weight excluding hydrogens is 740 g/mol. The first kappa shape index (κ1) is 38.6. The summed E-state index contributed by atoms with van der Waals surface area (Å²) in [4.78, 5) is 35.8. The van der Waals surface area contributed by atoms with Gasteiger partial charge in [-0.1, -0.05) is 38.9 Å². The van der Waals surface area contributed by atoms with E-state index in [4.69, 9.17) is 4.74 Å². The van der Waals surface area contributed by atoms with Gasteiger partial charge < -0.3 is 9.64 Å². The van der Waals surface area contributed by atoms with Crippen LogP contribution in [-0.4, -0.2) is 65.6 Å². The highest BCUT2D eigenvalue weighted by Gasteiger charge is 2.48. The molecule has 11 nitrogen and oxygen atoms in total. The van der Waals surface area contributed by atoms with Gasteiger partial charge in [-0.25, -0.2) is 35.1 Å². The number of carbonyl (C=O) groups excluding carboxylic acids is 1. The van der Waals surface area contributed by atoms with Crippen LogP contribution in [0.4, 0.5) is 27.6 Å². The molecule has 1 aliphatic carbocycles. The maximum Gasteiger partial charge on any atom is 0.276 e. The SMILES string of the molecule is C[Si](C)(C)CCOCn1ncc2cc(N(Cc3cnc(C4CCCCC4)cn3)C(=O)C3CCN3S(=O)(=O)c3c(F)c(F)c(F)c(F)c3F)ccc2c1=O. The quantitative estimate of drug-likeness (QED) is 0.0544. The topological polar surface area (TPSA) is 128 Å². The summed E-state index contributed by atoms with van der Waals surface area (Å²) in [6.07, 6.45) is 9.72. The van der Waals surface area contributed by atoms with Gasteiger partial charge in [0.05, 0.1) is 35.7 Å². The monoisotopic (exact) mass is 778 g/mol. The standard InChI is InChI=1S/C35H39F5N6O5SSi/c1-53(2,3)14-13-51-20-45-34(47)25-10-9-24(15-22(25)16-43-45)44(19-23-17-42-26(18-41-23)21-7-5-4-6-8-21)35(48)27-11-12-46(27)52(49,50)33-31(39)29(37)28(36)30(38)32(33)40/h9-10,15-18,21,27H,4-8,11-14,19-20H2,1-3H3. The molecule has 6 rings (SSSR count). The lowest BCUT2D eigenvalue weighted by atomic mass is 9.87. The zero-order valence-corrected chi connectivity index (χ0v) is 31.2. The molecular formula is C35H39F5N6O5SSi. The van der Waals surface area contributed by atoms with Gasteiger partial charge in [0.2, 0.25) is 21.7 Å². The zero-order valence-electron chi connectivity index (χ0n) is 29.4. The number of rotatable bonds is 12. The number of carbonyl (C=O) groups is 1. The van der Waals surface area contributed by atoms with Gasteiger partial charge in [0.15, 0.2) is 28.2 Å². The molecule has 0 radical (unpaired) electrons. The van der Waals surface area contributed by atoms with E-state index in [9.17, 15) is 40.0 Å². The summed E-state index contributed by atoms with van der Waals surface area (Å²) in [5.41, 5.74) is 0.896. The van der Waals surface area contributed by atoms with Crippen molar-refractivity contribution >= 4 is 40.5 Å². The summed E-state index contributed by atoms with van der Waals surface area (Å²) < 4.78 is 105. The van der Waals surface area contributed by atoms with Crippen LogP contribution in [0, 0.1) is 29.1 Å². The van der Waals surface area contributed by atoms with Crippen LogP contribution in [0.2, 0.25) is 25.7 Å². The average molecular weight is 779 g/mol. The van der Waals surface area contributed by atoms with Crippen LogP contribution in [0.1, 0.15) is 55.8 Å². The molecule has 2 aliphatic rings. The number of amides is 1. The number of anilines is 1. The third kappa shape index (κ3) is 7.90. The van der Waals surface area contributed by atoms with Crippen LogP contribution in [-0.2, 0) is 32.8 Å². The molecule has 2 aromatic heterocycles. The Bertz CT molecular complexity index is 2170. The maximum absolute atomic E-state index is 14.7. The highest BCUT2D eigenvalue weighted by atomic mass is 32.2. The second kappa shape index (κ2) is 15.3. The molecule has 1 aliphatic heterocycles. The summed E-state index contributed by atoms with van der Waals surface area (Å²) in [6, 6.07) is 3.79.